The Balaban J connectivity index is 1.81. The van der Waals surface area contributed by atoms with Crippen molar-refractivity contribution in [3.63, 3.8) is 0 Å². The van der Waals surface area contributed by atoms with Crippen LogP contribution in [0.3, 0.4) is 0 Å². The maximum atomic E-state index is 8.98. The number of nitrogens with zero attached hydrogens (tertiary/aromatic N) is 1. The van der Waals surface area contributed by atoms with Gasteiger partial charge in [0.15, 0.2) is 0 Å². The molecule has 0 saturated carbocycles. The molecule has 1 rings (SSSR count). The fourth-order valence-electron chi connectivity index (χ4n) is 3.13. The number of hydrogen-bond acceptors (Lipinski definition) is 4. The Kier molecular flexibility index (Phi) is 14.0. The van der Waals surface area contributed by atoms with Gasteiger partial charge in [-0.1, -0.05) is 64.7 Å². The predicted octanol–water partition coefficient (Wildman–Crippen LogP) is 3.62. The molecule has 1 N–H and O–H groups in total. The minimum atomic E-state index is 0.179. The lowest BCUT2D eigenvalue weighted by molar-refractivity contribution is -0.0715. The summed E-state index contributed by atoms with van der Waals surface area (Å²) in [6.45, 7) is 7.37. The molecule has 0 amide bonds. The fraction of sp³-hybridized carbons (Fsp3) is 1.00. The van der Waals surface area contributed by atoms with Crippen LogP contribution in [0.2, 0.25) is 0 Å². The molecule has 0 bridgehead atoms. The molecule has 0 spiro atoms. The number of hydrogen-bond donors (Lipinski definition) is 1. The molecule has 0 aliphatic carbocycles. The second-order valence-corrected chi connectivity index (χ2v) is 6.77. The highest BCUT2D eigenvalue weighted by atomic mass is 16.5. The van der Waals surface area contributed by atoms with E-state index in [4.69, 9.17) is 14.6 Å². The predicted molar refractivity (Wildman–Crippen MR) is 95.9 cm³/mol. The van der Waals surface area contributed by atoms with Crippen molar-refractivity contribution in [3.05, 3.63) is 0 Å². The highest BCUT2D eigenvalue weighted by Gasteiger charge is 2.19. The van der Waals surface area contributed by atoms with Gasteiger partial charge in [-0.05, 0) is 6.42 Å². The summed E-state index contributed by atoms with van der Waals surface area (Å²) in [6.07, 6.45) is 13.8. The number of aliphatic hydroxyl groups is 1. The maximum absolute atomic E-state index is 8.98. The zero-order valence-electron chi connectivity index (χ0n) is 15.3. The number of aliphatic hydroxyl groups excluding tert-OH is 1. The van der Waals surface area contributed by atoms with E-state index in [1.165, 1.54) is 64.2 Å². The SMILES string of the molecule is CCCCCCCCCCCCOCC1CN(CCO)CCO1. The van der Waals surface area contributed by atoms with E-state index in [1.54, 1.807) is 0 Å². The van der Waals surface area contributed by atoms with Crippen molar-refractivity contribution in [2.75, 3.05) is 46.1 Å². The summed E-state index contributed by atoms with van der Waals surface area (Å²) in [5.41, 5.74) is 0. The molecule has 0 radical (unpaired) electrons. The Hall–Kier alpha value is -0.160. The van der Waals surface area contributed by atoms with Gasteiger partial charge in [0, 0.05) is 26.2 Å². The Morgan fingerprint density at radius 1 is 1.00 bits per heavy atom. The van der Waals surface area contributed by atoms with Gasteiger partial charge >= 0.3 is 0 Å². The summed E-state index contributed by atoms with van der Waals surface area (Å²) in [7, 11) is 0. The van der Waals surface area contributed by atoms with Crippen LogP contribution in [0.5, 0.6) is 0 Å². The Labute approximate surface area is 143 Å². The molecule has 4 heteroatoms. The third-order valence-electron chi connectivity index (χ3n) is 4.59. The molecule has 1 heterocycles. The molecule has 1 atom stereocenters. The molecule has 23 heavy (non-hydrogen) atoms. The molecule has 0 aromatic heterocycles. The van der Waals surface area contributed by atoms with Gasteiger partial charge < -0.3 is 14.6 Å². The van der Waals surface area contributed by atoms with E-state index in [0.717, 1.165) is 32.8 Å². The van der Waals surface area contributed by atoms with Crippen LogP contribution in [-0.2, 0) is 9.47 Å². The van der Waals surface area contributed by atoms with Crippen molar-refractivity contribution in [2.24, 2.45) is 0 Å². The zero-order valence-corrected chi connectivity index (χ0v) is 15.3. The van der Waals surface area contributed by atoms with Crippen molar-refractivity contribution in [1.82, 2.24) is 4.90 Å². The third-order valence-corrected chi connectivity index (χ3v) is 4.59. The van der Waals surface area contributed by atoms with Crippen molar-refractivity contribution in [1.29, 1.82) is 0 Å². The topological polar surface area (TPSA) is 41.9 Å². The van der Waals surface area contributed by atoms with Crippen LogP contribution in [-0.4, -0.2) is 62.2 Å². The molecule has 0 aromatic rings. The maximum Gasteiger partial charge on any atom is 0.0935 e. The standard InChI is InChI=1S/C19H39NO3/c1-2-3-4-5-6-7-8-9-10-11-15-22-18-19-17-20(12-14-21)13-16-23-19/h19,21H,2-18H2,1H3. The first-order chi connectivity index (χ1) is 11.4. The Bertz CT molecular complexity index is 249. The number of unbranched alkanes of at least 4 members (excludes halogenated alkanes) is 9. The van der Waals surface area contributed by atoms with Crippen LogP contribution < -0.4 is 0 Å². The van der Waals surface area contributed by atoms with Crippen LogP contribution in [0.4, 0.5) is 0 Å². The van der Waals surface area contributed by atoms with Gasteiger partial charge in [-0.15, -0.1) is 0 Å². The molecule has 0 aromatic carbocycles. The van der Waals surface area contributed by atoms with E-state index in [-0.39, 0.29) is 12.7 Å². The zero-order chi connectivity index (χ0) is 16.6. The van der Waals surface area contributed by atoms with E-state index < -0.39 is 0 Å². The summed E-state index contributed by atoms with van der Waals surface area (Å²) in [5, 5.41) is 8.98. The van der Waals surface area contributed by atoms with E-state index >= 15 is 0 Å². The number of rotatable bonds is 15. The van der Waals surface area contributed by atoms with Crippen molar-refractivity contribution < 1.29 is 14.6 Å². The quantitative estimate of drug-likeness (QED) is 0.466. The second kappa shape index (κ2) is 15.4. The molecule has 1 unspecified atom stereocenters. The summed E-state index contributed by atoms with van der Waals surface area (Å²) in [6, 6.07) is 0. The lowest BCUT2D eigenvalue weighted by Gasteiger charge is -2.32. The summed E-state index contributed by atoms with van der Waals surface area (Å²) in [5.74, 6) is 0. The van der Waals surface area contributed by atoms with Crippen LogP contribution in [0.25, 0.3) is 0 Å². The van der Waals surface area contributed by atoms with Gasteiger partial charge in [-0.3, -0.25) is 4.90 Å². The summed E-state index contributed by atoms with van der Waals surface area (Å²) in [4.78, 5) is 2.25. The van der Waals surface area contributed by atoms with E-state index in [2.05, 4.69) is 11.8 Å². The van der Waals surface area contributed by atoms with Crippen LogP contribution in [0.15, 0.2) is 0 Å². The van der Waals surface area contributed by atoms with E-state index in [1.807, 2.05) is 0 Å². The lowest BCUT2D eigenvalue weighted by atomic mass is 10.1. The first kappa shape index (κ1) is 20.9. The third kappa shape index (κ3) is 11.9. The van der Waals surface area contributed by atoms with E-state index in [0.29, 0.717) is 6.61 Å². The molecular weight excluding hydrogens is 290 g/mol. The van der Waals surface area contributed by atoms with Gasteiger partial charge in [0.1, 0.15) is 0 Å². The second-order valence-electron chi connectivity index (χ2n) is 6.77. The molecule has 1 aliphatic heterocycles. The van der Waals surface area contributed by atoms with Crippen molar-refractivity contribution >= 4 is 0 Å². The normalized spacial score (nSPS) is 19.3. The number of morpholine rings is 1. The Morgan fingerprint density at radius 3 is 2.30 bits per heavy atom. The minimum Gasteiger partial charge on any atom is -0.395 e. The van der Waals surface area contributed by atoms with E-state index in [9.17, 15) is 0 Å². The molecule has 1 fully saturated rings. The van der Waals surface area contributed by atoms with Gasteiger partial charge in [-0.25, -0.2) is 0 Å². The minimum absolute atomic E-state index is 0.179. The molecule has 1 aliphatic rings. The fourth-order valence-corrected chi connectivity index (χ4v) is 3.13. The molecule has 1 saturated heterocycles. The molecular formula is C19H39NO3. The largest absolute Gasteiger partial charge is 0.395 e. The van der Waals surface area contributed by atoms with Crippen molar-refractivity contribution in [3.8, 4) is 0 Å². The lowest BCUT2D eigenvalue weighted by Crippen LogP contribution is -2.45. The van der Waals surface area contributed by atoms with Gasteiger partial charge in [-0.2, -0.15) is 0 Å². The highest BCUT2D eigenvalue weighted by molar-refractivity contribution is 4.70. The van der Waals surface area contributed by atoms with Crippen LogP contribution in [0.1, 0.15) is 71.1 Å². The number of β-amino-alcohol motifs (C(OH)–C–C–N with tert-alkyl or cyclic N) is 1. The highest BCUT2D eigenvalue weighted by Crippen LogP contribution is 2.11. The van der Waals surface area contributed by atoms with Gasteiger partial charge in [0.05, 0.1) is 25.9 Å². The average Bonchev–Trinajstić information content (AvgIpc) is 2.56. The first-order valence-electron chi connectivity index (χ1n) is 9.89. The summed E-state index contributed by atoms with van der Waals surface area (Å²) < 4.78 is 11.5. The van der Waals surface area contributed by atoms with Gasteiger partial charge in [0.2, 0.25) is 0 Å². The average molecular weight is 330 g/mol. The first-order valence-corrected chi connectivity index (χ1v) is 9.89. The number of ether oxygens (including phenoxy) is 2. The van der Waals surface area contributed by atoms with Gasteiger partial charge in [0.25, 0.3) is 0 Å². The van der Waals surface area contributed by atoms with Crippen LogP contribution >= 0.6 is 0 Å². The van der Waals surface area contributed by atoms with Crippen molar-refractivity contribution in [2.45, 2.75) is 77.2 Å². The Morgan fingerprint density at radius 2 is 1.65 bits per heavy atom. The summed E-state index contributed by atoms with van der Waals surface area (Å²) >= 11 is 0. The smallest absolute Gasteiger partial charge is 0.0935 e. The monoisotopic (exact) mass is 329 g/mol. The molecule has 4 nitrogen and oxygen atoms in total. The van der Waals surface area contributed by atoms with Crippen LogP contribution in [0, 0.1) is 0 Å². The molecule has 138 valence electrons.